The van der Waals surface area contributed by atoms with E-state index in [1.54, 1.807) is 48.5 Å². The van der Waals surface area contributed by atoms with Gasteiger partial charge in [0.15, 0.2) is 11.6 Å². The zero-order valence-corrected chi connectivity index (χ0v) is 11.4. The Morgan fingerprint density at radius 1 is 1.00 bits per heavy atom. The maximum atomic E-state index is 11.8. The molecule has 0 fully saturated rings. The van der Waals surface area contributed by atoms with Gasteiger partial charge in [-0.1, -0.05) is 41.9 Å². The fraction of sp³-hybridized carbons (Fsp3) is 0.0625. The van der Waals surface area contributed by atoms with Gasteiger partial charge in [-0.2, -0.15) is 0 Å². The molecular weight excluding hydrogens is 274 g/mol. The molecule has 0 aliphatic carbocycles. The van der Waals surface area contributed by atoms with E-state index in [1.165, 1.54) is 6.21 Å². The number of hydrogen-bond acceptors (Lipinski definition) is 3. The molecule has 0 amide bonds. The molecule has 0 aromatic heterocycles. The van der Waals surface area contributed by atoms with Crippen LogP contribution in [0.3, 0.4) is 0 Å². The highest BCUT2D eigenvalue weighted by Crippen LogP contribution is 2.15. The Kier molecular flexibility index (Phi) is 4.80. The van der Waals surface area contributed by atoms with Gasteiger partial charge in [0.25, 0.3) is 0 Å². The number of ketones is 2. The molecule has 0 spiro atoms. The Bertz CT molecular complexity index is 633. The Hall–Kier alpha value is -2.26. The number of carbonyl (C=O) groups is 2. The topological polar surface area (TPSA) is 46.5 Å². The summed E-state index contributed by atoms with van der Waals surface area (Å²) in [6.45, 7) is 0. The van der Waals surface area contributed by atoms with Gasteiger partial charge in [-0.05, 0) is 24.3 Å². The first-order chi connectivity index (χ1) is 9.65. The van der Waals surface area contributed by atoms with Gasteiger partial charge in [0, 0.05) is 10.6 Å². The van der Waals surface area contributed by atoms with Crippen LogP contribution >= 0.6 is 11.6 Å². The van der Waals surface area contributed by atoms with E-state index in [9.17, 15) is 9.59 Å². The molecule has 0 saturated heterocycles. The number of halogens is 1. The van der Waals surface area contributed by atoms with E-state index < -0.39 is 0 Å². The molecular formula is C16H12ClNO2. The molecule has 0 aliphatic heterocycles. The van der Waals surface area contributed by atoms with E-state index in [4.69, 9.17) is 11.6 Å². The summed E-state index contributed by atoms with van der Waals surface area (Å²) in [6.07, 6.45) is 0.991. The first-order valence-corrected chi connectivity index (χ1v) is 6.43. The zero-order chi connectivity index (χ0) is 14.4. The van der Waals surface area contributed by atoms with Crippen molar-refractivity contribution in [2.75, 3.05) is 0 Å². The number of hydrogen-bond donors (Lipinski definition) is 0. The highest BCUT2D eigenvalue weighted by atomic mass is 35.5. The molecule has 4 heteroatoms. The summed E-state index contributed by atoms with van der Waals surface area (Å²) >= 11 is 5.75. The number of nitrogens with zero attached hydrogens (tertiary/aromatic N) is 1. The second-order valence-corrected chi connectivity index (χ2v) is 4.60. The first-order valence-electron chi connectivity index (χ1n) is 6.06. The van der Waals surface area contributed by atoms with Crippen LogP contribution in [0.15, 0.2) is 59.6 Å². The maximum Gasteiger partial charge on any atom is 0.181 e. The van der Waals surface area contributed by atoms with Crippen molar-refractivity contribution in [3.05, 3.63) is 65.2 Å². The van der Waals surface area contributed by atoms with Crippen LogP contribution in [0.25, 0.3) is 0 Å². The summed E-state index contributed by atoms with van der Waals surface area (Å²) in [7, 11) is 0. The molecule has 0 N–H and O–H groups in total. The maximum absolute atomic E-state index is 11.8. The monoisotopic (exact) mass is 285 g/mol. The van der Waals surface area contributed by atoms with Gasteiger partial charge in [0.05, 0.1) is 18.3 Å². The molecule has 0 aliphatic rings. The fourth-order valence-electron chi connectivity index (χ4n) is 1.60. The molecule has 2 aromatic carbocycles. The second-order valence-electron chi connectivity index (χ2n) is 4.17. The van der Waals surface area contributed by atoms with E-state index in [0.29, 0.717) is 16.3 Å². The molecule has 0 saturated carbocycles. The Morgan fingerprint density at radius 2 is 1.65 bits per heavy atom. The number of aliphatic imine (C=N–C) groups is 1. The molecule has 0 unspecified atom stereocenters. The average molecular weight is 286 g/mol. The van der Waals surface area contributed by atoms with Crippen molar-refractivity contribution in [2.24, 2.45) is 4.99 Å². The minimum atomic E-state index is -0.325. The van der Waals surface area contributed by atoms with Crippen molar-refractivity contribution in [3.63, 3.8) is 0 Å². The standard InChI is InChI=1S/C16H12ClNO2/c17-13-6-8-14(9-7-13)18-11-15(19)10-16(20)12-4-2-1-3-5-12/h1-9,11H,10H2. The van der Waals surface area contributed by atoms with Gasteiger partial charge in [-0.15, -0.1) is 0 Å². The molecule has 0 bridgehead atoms. The quantitative estimate of drug-likeness (QED) is 0.475. The molecule has 100 valence electrons. The van der Waals surface area contributed by atoms with Gasteiger partial charge >= 0.3 is 0 Å². The van der Waals surface area contributed by atoms with Crippen LogP contribution in [0.2, 0.25) is 5.02 Å². The number of Topliss-reactive ketones (excluding diaryl/α,β-unsaturated/α-hetero) is 2. The largest absolute Gasteiger partial charge is 0.294 e. The van der Waals surface area contributed by atoms with E-state index >= 15 is 0 Å². The lowest BCUT2D eigenvalue weighted by molar-refractivity contribution is -0.111. The third-order valence-corrected chi connectivity index (χ3v) is 2.87. The van der Waals surface area contributed by atoms with Crippen LogP contribution in [0, 0.1) is 0 Å². The summed E-state index contributed by atoms with van der Waals surface area (Å²) in [4.78, 5) is 27.5. The van der Waals surface area contributed by atoms with E-state index in [1.807, 2.05) is 6.07 Å². The number of rotatable bonds is 5. The molecule has 20 heavy (non-hydrogen) atoms. The highest BCUT2D eigenvalue weighted by Gasteiger charge is 2.09. The lowest BCUT2D eigenvalue weighted by Crippen LogP contribution is -2.08. The van der Waals surface area contributed by atoms with Crippen molar-refractivity contribution in [2.45, 2.75) is 6.42 Å². The lowest BCUT2D eigenvalue weighted by atomic mass is 10.1. The van der Waals surface area contributed by atoms with Gasteiger partial charge in [0.1, 0.15) is 0 Å². The van der Waals surface area contributed by atoms with Crippen molar-refractivity contribution < 1.29 is 9.59 Å². The summed E-state index contributed by atoms with van der Waals surface area (Å²) < 4.78 is 0. The van der Waals surface area contributed by atoms with Gasteiger partial charge in [0.2, 0.25) is 0 Å². The number of benzene rings is 2. The van der Waals surface area contributed by atoms with E-state index in [-0.39, 0.29) is 18.0 Å². The van der Waals surface area contributed by atoms with E-state index in [2.05, 4.69) is 4.99 Å². The Balaban J connectivity index is 1.96. The predicted octanol–water partition coefficient (Wildman–Crippen LogP) is 3.88. The third-order valence-electron chi connectivity index (χ3n) is 2.61. The van der Waals surface area contributed by atoms with Crippen molar-refractivity contribution in [3.8, 4) is 0 Å². The number of carbonyl (C=O) groups excluding carboxylic acids is 2. The summed E-state index contributed by atoms with van der Waals surface area (Å²) in [6, 6.07) is 15.5. The zero-order valence-electron chi connectivity index (χ0n) is 10.6. The average Bonchev–Trinajstić information content (AvgIpc) is 2.47. The van der Waals surface area contributed by atoms with Crippen molar-refractivity contribution in [1.29, 1.82) is 0 Å². The van der Waals surface area contributed by atoms with Crippen LogP contribution in [0.1, 0.15) is 16.8 Å². The van der Waals surface area contributed by atoms with Crippen molar-refractivity contribution in [1.82, 2.24) is 0 Å². The molecule has 0 heterocycles. The first kappa shape index (κ1) is 14.2. The Morgan fingerprint density at radius 3 is 2.30 bits per heavy atom. The van der Waals surface area contributed by atoms with Crippen LogP contribution in [-0.4, -0.2) is 17.8 Å². The molecule has 3 nitrogen and oxygen atoms in total. The summed E-state index contributed by atoms with van der Waals surface area (Å²) in [5.41, 5.74) is 1.15. The van der Waals surface area contributed by atoms with E-state index in [0.717, 1.165) is 0 Å². The van der Waals surface area contributed by atoms with Gasteiger partial charge < -0.3 is 0 Å². The van der Waals surface area contributed by atoms with Crippen LogP contribution < -0.4 is 0 Å². The fourth-order valence-corrected chi connectivity index (χ4v) is 1.73. The molecule has 2 rings (SSSR count). The molecule has 0 radical (unpaired) electrons. The lowest BCUT2D eigenvalue weighted by Gasteiger charge is -1.97. The highest BCUT2D eigenvalue weighted by molar-refractivity contribution is 6.33. The summed E-state index contributed by atoms with van der Waals surface area (Å²) in [5.74, 6) is -0.535. The van der Waals surface area contributed by atoms with Crippen molar-refractivity contribution >= 4 is 35.1 Å². The predicted molar refractivity (Wildman–Crippen MR) is 80.0 cm³/mol. The normalized spacial score (nSPS) is 10.7. The minimum Gasteiger partial charge on any atom is -0.294 e. The van der Waals surface area contributed by atoms with Gasteiger partial charge in [-0.25, -0.2) is 0 Å². The molecule has 2 aromatic rings. The molecule has 0 atom stereocenters. The third kappa shape index (κ3) is 4.14. The summed E-state index contributed by atoms with van der Waals surface area (Å²) in [5, 5.41) is 0.606. The second kappa shape index (κ2) is 6.78. The van der Waals surface area contributed by atoms with Gasteiger partial charge in [-0.3, -0.25) is 14.6 Å². The smallest absolute Gasteiger partial charge is 0.181 e. The van der Waals surface area contributed by atoms with Crippen LogP contribution in [0.4, 0.5) is 5.69 Å². The van der Waals surface area contributed by atoms with Crippen LogP contribution in [-0.2, 0) is 4.79 Å². The minimum absolute atomic E-state index is 0.179. The SMILES string of the molecule is O=C(C=Nc1ccc(Cl)cc1)CC(=O)c1ccccc1. The Labute approximate surface area is 121 Å². The van der Waals surface area contributed by atoms with Crippen LogP contribution in [0.5, 0.6) is 0 Å².